The number of aryl methyl sites for hydroxylation is 1. The van der Waals surface area contributed by atoms with Gasteiger partial charge >= 0.3 is 0 Å². The van der Waals surface area contributed by atoms with Crippen LogP contribution in [0.25, 0.3) is 20.8 Å². The predicted molar refractivity (Wildman–Crippen MR) is 99.9 cm³/mol. The van der Waals surface area contributed by atoms with Gasteiger partial charge in [0, 0.05) is 11.3 Å². The van der Waals surface area contributed by atoms with Gasteiger partial charge in [-0.15, -0.1) is 22.7 Å². The molecule has 4 nitrogen and oxygen atoms in total. The van der Waals surface area contributed by atoms with Crippen LogP contribution < -0.4 is 5.32 Å². The monoisotopic (exact) mass is 351 g/mol. The van der Waals surface area contributed by atoms with Crippen molar-refractivity contribution in [3.63, 3.8) is 0 Å². The Labute approximate surface area is 146 Å². The van der Waals surface area contributed by atoms with Crippen LogP contribution in [0.3, 0.4) is 0 Å². The first-order valence-electron chi connectivity index (χ1n) is 7.36. The van der Waals surface area contributed by atoms with E-state index in [4.69, 9.17) is 0 Å². The zero-order chi connectivity index (χ0) is 16.5. The molecule has 1 N–H and O–H groups in total. The van der Waals surface area contributed by atoms with Gasteiger partial charge in [-0.25, -0.2) is 4.98 Å². The minimum absolute atomic E-state index is 0.138. The highest BCUT2D eigenvalue weighted by Gasteiger charge is 2.09. The van der Waals surface area contributed by atoms with Crippen LogP contribution in [0.4, 0.5) is 5.69 Å². The summed E-state index contributed by atoms with van der Waals surface area (Å²) in [5.41, 5.74) is 5.70. The number of anilines is 1. The van der Waals surface area contributed by atoms with E-state index in [0.717, 1.165) is 21.8 Å². The molecule has 0 unspecified atom stereocenters. The second-order valence-electron chi connectivity index (χ2n) is 5.39. The number of rotatable bonds is 3. The van der Waals surface area contributed by atoms with Gasteiger partial charge in [0.15, 0.2) is 0 Å². The first-order valence-corrected chi connectivity index (χ1v) is 9.06. The van der Waals surface area contributed by atoms with Gasteiger partial charge in [-0.05, 0) is 48.9 Å². The summed E-state index contributed by atoms with van der Waals surface area (Å²) >= 11 is 3.00. The van der Waals surface area contributed by atoms with Crippen molar-refractivity contribution in [1.82, 2.24) is 9.97 Å². The smallest absolute Gasteiger partial charge is 0.267 e. The Morgan fingerprint density at radius 3 is 2.71 bits per heavy atom. The van der Waals surface area contributed by atoms with Crippen molar-refractivity contribution in [3.8, 4) is 10.6 Å². The summed E-state index contributed by atoms with van der Waals surface area (Å²) in [6.07, 6.45) is 1.57. The average molecular weight is 351 g/mol. The fourth-order valence-corrected chi connectivity index (χ4v) is 3.96. The van der Waals surface area contributed by atoms with Gasteiger partial charge in [0.2, 0.25) is 0 Å². The molecule has 6 heteroatoms. The van der Waals surface area contributed by atoms with Gasteiger partial charge < -0.3 is 5.32 Å². The molecule has 118 valence electrons. The lowest BCUT2D eigenvalue weighted by molar-refractivity contribution is 0.103. The van der Waals surface area contributed by atoms with Crippen LogP contribution in [-0.4, -0.2) is 15.9 Å². The predicted octanol–water partition coefficient (Wildman–Crippen LogP) is 4.98. The van der Waals surface area contributed by atoms with Gasteiger partial charge in [0.05, 0.1) is 21.9 Å². The molecule has 4 rings (SSSR count). The van der Waals surface area contributed by atoms with Crippen molar-refractivity contribution in [2.75, 3.05) is 5.32 Å². The highest BCUT2D eigenvalue weighted by atomic mass is 32.1. The SMILES string of the molecule is Cc1ccc2nc(-c3ccc(NC(=O)c4cncs4)cc3)sc2c1. The summed E-state index contributed by atoms with van der Waals surface area (Å²) in [5.74, 6) is -0.138. The molecule has 2 aromatic heterocycles. The lowest BCUT2D eigenvalue weighted by Gasteiger charge is -2.04. The molecule has 0 aliphatic rings. The van der Waals surface area contributed by atoms with Crippen molar-refractivity contribution in [2.45, 2.75) is 6.92 Å². The van der Waals surface area contributed by atoms with E-state index in [1.165, 1.54) is 21.6 Å². The normalized spacial score (nSPS) is 10.9. The number of thiazole rings is 2. The fraction of sp³-hybridized carbons (Fsp3) is 0.0556. The first-order chi connectivity index (χ1) is 11.7. The quantitative estimate of drug-likeness (QED) is 0.566. The van der Waals surface area contributed by atoms with Crippen molar-refractivity contribution in [2.24, 2.45) is 0 Å². The molecule has 0 bridgehead atoms. The average Bonchev–Trinajstić information content (AvgIpc) is 3.24. The molecule has 24 heavy (non-hydrogen) atoms. The van der Waals surface area contributed by atoms with E-state index in [-0.39, 0.29) is 5.91 Å². The Morgan fingerprint density at radius 1 is 1.12 bits per heavy atom. The van der Waals surface area contributed by atoms with E-state index in [1.807, 2.05) is 30.3 Å². The van der Waals surface area contributed by atoms with Gasteiger partial charge in [-0.1, -0.05) is 6.07 Å². The van der Waals surface area contributed by atoms with Crippen LogP contribution in [0.15, 0.2) is 54.2 Å². The third-order valence-corrected chi connectivity index (χ3v) is 5.43. The number of amides is 1. The standard InChI is InChI=1S/C18H13N3OS2/c1-11-2-7-14-15(8-11)24-18(21-14)12-3-5-13(6-4-12)20-17(22)16-9-19-10-23-16/h2-10H,1H3,(H,20,22). The molecule has 4 aromatic rings. The molecule has 0 radical (unpaired) electrons. The summed E-state index contributed by atoms with van der Waals surface area (Å²) in [5, 5.41) is 3.85. The summed E-state index contributed by atoms with van der Waals surface area (Å²) in [7, 11) is 0. The van der Waals surface area contributed by atoms with Gasteiger partial charge in [0.1, 0.15) is 9.88 Å². The highest BCUT2D eigenvalue weighted by molar-refractivity contribution is 7.21. The third kappa shape index (κ3) is 2.93. The molecule has 0 saturated heterocycles. The summed E-state index contributed by atoms with van der Waals surface area (Å²) in [6, 6.07) is 14.0. The topological polar surface area (TPSA) is 54.9 Å². The maximum absolute atomic E-state index is 12.0. The zero-order valence-electron chi connectivity index (χ0n) is 12.8. The van der Waals surface area contributed by atoms with Gasteiger partial charge in [-0.2, -0.15) is 0 Å². The van der Waals surface area contributed by atoms with Crippen LogP contribution in [0.2, 0.25) is 0 Å². The fourth-order valence-electron chi connectivity index (χ4n) is 2.37. The van der Waals surface area contributed by atoms with Crippen LogP contribution in [0.1, 0.15) is 15.2 Å². The molecular formula is C18H13N3OS2. The lowest BCUT2D eigenvalue weighted by Crippen LogP contribution is -2.09. The number of nitrogens with zero attached hydrogens (tertiary/aromatic N) is 2. The molecule has 0 fully saturated rings. The Kier molecular flexibility index (Phi) is 3.84. The molecule has 0 spiro atoms. The molecule has 0 aliphatic carbocycles. The highest BCUT2D eigenvalue weighted by Crippen LogP contribution is 2.31. The lowest BCUT2D eigenvalue weighted by atomic mass is 10.2. The molecular weight excluding hydrogens is 338 g/mol. The Bertz CT molecular complexity index is 1000. The van der Waals surface area contributed by atoms with Crippen LogP contribution >= 0.6 is 22.7 Å². The van der Waals surface area contributed by atoms with E-state index < -0.39 is 0 Å². The number of fused-ring (bicyclic) bond motifs is 1. The van der Waals surface area contributed by atoms with Crippen molar-refractivity contribution < 1.29 is 4.79 Å². The molecule has 0 saturated carbocycles. The number of aromatic nitrogens is 2. The number of benzene rings is 2. The van der Waals surface area contributed by atoms with E-state index in [0.29, 0.717) is 4.88 Å². The summed E-state index contributed by atoms with van der Waals surface area (Å²) < 4.78 is 1.19. The third-order valence-electron chi connectivity index (χ3n) is 3.59. The second kappa shape index (κ2) is 6.14. The number of carbonyl (C=O) groups excluding carboxylic acids is 1. The molecule has 1 amide bonds. The van der Waals surface area contributed by atoms with Crippen molar-refractivity contribution in [3.05, 3.63) is 64.6 Å². The number of hydrogen-bond donors (Lipinski definition) is 1. The minimum atomic E-state index is -0.138. The maximum Gasteiger partial charge on any atom is 0.267 e. The minimum Gasteiger partial charge on any atom is -0.321 e. The van der Waals surface area contributed by atoms with E-state index >= 15 is 0 Å². The van der Waals surface area contributed by atoms with Crippen LogP contribution in [-0.2, 0) is 0 Å². The van der Waals surface area contributed by atoms with Crippen molar-refractivity contribution in [1.29, 1.82) is 0 Å². The Balaban J connectivity index is 1.57. The van der Waals surface area contributed by atoms with E-state index in [2.05, 4.69) is 34.3 Å². The molecule has 0 atom stereocenters. The molecule has 2 heterocycles. The summed E-state index contributed by atoms with van der Waals surface area (Å²) in [6.45, 7) is 2.08. The zero-order valence-corrected chi connectivity index (χ0v) is 14.4. The number of carbonyl (C=O) groups is 1. The molecule has 2 aromatic carbocycles. The molecule has 0 aliphatic heterocycles. The summed E-state index contributed by atoms with van der Waals surface area (Å²) in [4.78, 5) is 21.2. The Hall–Kier alpha value is -2.57. The van der Waals surface area contributed by atoms with Crippen molar-refractivity contribution >= 4 is 44.5 Å². The van der Waals surface area contributed by atoms with Crippen LogP contribution in [0.5, 0.6) is 0 Å². The number of hydrogen-bond acceptors (Lipinski definition) is 5. The van der Waals surface area contributed by atoms with Gasteiger partial charge in [-0.3, -0.25) is 9.78 Å². The van der Waals surface area contributed by atoms with E-state index in [1.54, 1.807) is 23.0 Å². The van der Waals surface area contributed by atoms with E-state index in [9.17, 15) is 4.79 Å². The first kappa shape index (κ1) is 15.0. The second-order valence-corrected chi connectivity index (χ2v) is 7.30. The maximum atomic E-state index is 12.0. The largest absolute Gasteiger partial charge is 0.321 e. The van der Waals surface area contributed by atoms with Crippen LogP contribution in [0, 0.1) is 6.92 Å². The van der Waals surface area contributed by atoms with Gasteiger partial charge in [0.25, 0.3) is 5.91 Å². The Morgan fingerprint density at radius 2 is 1.96 bits per heavy atom. The number of nitrogens with one attached hydrogen (secondary N) is 1.